The first kappa shape index (κ1) is 20.0. The number of nitrogens with one attached hydrogen (secondary N) is 1. The largest absolute Gasteiger partial charge is 0.461 e. The van der Waals surface area contributed by atoms with Gasteiger partial charge in [-0.25, -0.2) is 8.42 Å². The van der Waals surface area contributed by atoms with Crippen molar-refractivity contribution in [2.24, 2.45) is 11.3 Å². The second-order valence-electron chi connectivity index (χ2n) is 8.92. The van der Waals surface area contributed by atoms with Crippen LogP contribution in [0.25, 0.3) is 11.0 Å². The fraction of sp³-hybridized carbons (Fsp3) is 0.417. The highest BCUT2D eigenvalue weighted by atomic mass is 32.2. The predicted molar refractivity (Wildman–Crippen MR) is 118 cm³/mol. The van der Waals surface area contributed by atoms with Crippen molar-refractivity contribution < 1.29 is 12.8 Å². The van der Waals surface area contributed by atoms with Crippen LogP contribution in [0.4, 0.5) is 5.69 Å². The minimum atomic E-state index is -3.62. The monoisotopic (exact) mass is 411 g/mol. The van der Waals surface area contributed by atoms with E-state index in [0.29, 0.717) is 11.6 Å². The van der Waals surface area contributed by atoms with E-state index in [1.54, 1.807) is 30.3 Å². The Morgan fingerprint density at radius 2 is 1.86 bits per heavy atom. The number of rotatable bonds is 5. The second-order valence-corrected chi connectivity index (χ2v) is 10.6. The molecule has 0 bridgehead atoms. The van der Waals surface area contributed by atoms with Gasteiger partial charge in [-0.2, -0.15) is 0 Å². The SMILES string of the molecule is CCC(C)(C)C1CCc2oc3ccc(NS(=O)(=O)c4ccc(C)cc4)cc3c2C1. The molecule has 1 aliphatic carbocycles. The molecule has 154 valence electrons. The van der Waals surface area contributed by atoms with Gasteiger partial charge in [0.05, 0.1) is 4.90 Å². The lowest BCUT2D eigenvalue weighted by molar-refractivity contribution is 0.179. The third kappa shape index (κ3) is 3.80. The van der Waals surface area contributed by atoms with Crippen LogP contribution in [0.15, 0.2) is 51.8 Å². The highest BCUT2D eigenvalue weighted by Gasteiger charge is 2.33. The molecule has 4 rings (SSSR count). The molecule has 1 N–H and O–H groups in total. The van der Waals surface area contributed by atoms with Gasteiger partial charge in [0, 0.05) is 23.1 Å². The van der Waals surface area contributed by atoms with E-state index >= 15 is 0 Å². The summed E-state index contributed by atoms with van der Waals surface area (Å²) in [6.45, 7) is 8.87. The van der Waals surface area contributed by atoms with Crippen LogP contribution < -0.4 is 4.72 Å². The van der Waals surface area contributed by atoms with E-state index in [4.69, 9.17) is 4.42 Å². The van der Waals surface area contributed by atoms with Crippen LogP contribution in [-0.2, 0) is 22.9 Å². The van der Waals surface area contributed by atoms with Crippen LogP contribution in [0.1, 0.15) is 50.5 Å². The molecule has 0 saturated carbocycles. The van der Waals surface area contributed by atoms with E-state index < -0.39 is 10.0 Å². The summed E-state index contributed by atoms with van der Waals surface area (Å²) in [5, 5.41) is 1.03. The topological polar surface area (TPSA) is 59.3 Å². The Labute approximate surface area is 173 Å². The molecule has 0 saturated heterocycles. The third-order valence-electron chi connectivity index (χ3n) is 6.64. The van der Waals surface area contributed by atoms with Gasteiger partial charge >= 0.3 is 0 Å². The van der Waals surface area contributed by atoms with E-state index in [-0.39, 0.29) is 10.3 Å². The minimum absolute atomic E-state index is 0.266. The van der Waals surface area contributed by atoms with Gasteiger partial charge in [0.25, 0.3) is 10.0 Å². The Morgan fingerprint density at radius 3 is 2.55 bits per heavy atom. The summed E-state index contributed by atoms with van der Waals surface area (Å²) in [4.78, 5) is 0.266. The fourth-order valence-corrected chi connectivity index (χ4v) is 5.28. The first-order valence-corrected chi connectivity index (χ1v) is 11.8. The molecule has 1 unspecified atom stereocenters. The van der Waals surface area contributed by atoms with Gasteiger partial charge in [0.15, 0.2) is 0 Å². The molecule has 5 heteroatoms. The molecule has 0 radical (unpaired) electrons. The molecule has 0 amide bonds. The number of fused-ring (bicyclic) bond motifs is 3. The molecule has 0 fully saturated rings. The van der Waals surface area contributed by atoms with Crippen LogP contribution in [0.5, 0.6) is 0 Å². The van der Waals surface area contributed by atoms with Gasteiger partial charge < -0.3 is 4.42 Å². The van der Waals surface area contributed by atoms with Gasteiger partial charge in [-0.1, -0.05) is 44.9 Å². The lowest BCUT2D eigenvalue weighted by Crippen LogP contribution is -2.28. The zero-order chi connectivity index (χ0) is 20.8. The maximum absolute atomic E-state index is 12.8. The first-order chi connectivity index (χ1) is 13.7. The van der Waals surface area contributed by atoms with Gasteiger partial charge in [-0.3, -0.25) is 4.72 Å². The molecule has 3 aromatic rings. The van der Waals surface area contributed by atoms with E-state index in [1.807, 2.05) is 19.1 Å². The van der Waals surface area contributed by atoms with Gasteiger partial charge in [-0.15, -0.1) is 0 Å². The van der Waals surface area contributed by atoms with E-state index in [1.165, 1.54) is 5.56 Å². The summed E-state index contributed by atoms with van der Waals surface area (Å²) in [5.74, 6) is 1.66. The summed E-state index contributed by atoms with van der Waals surface area (Å²) in [6.07, 6.45) is 4.21. The Bertz CT molecular complexity index is 1140. The molecule has 29 heavy (non-hydrogen) atoms. The van der Waals surface area contributed by atoms with Crippen molar-refractivity contribution in [3.8, 4) is 0 Å². The first-order valence-electron chi connectivity index (χ1n) is 10.3. The van der Waals surface area contributed by atoms with Crippen molar-refractivity contribution in [1.82, 2.24) is 0 Å². The zero-order valence-corrected chi connectivity index (χ0v) is 18.4. The molecule has 1 atom stereocenters. The number of hydrogen-bond donors (Lipinski definition) is 1. The van der Waals surface area contributed by atoms with Crippen LogP contribution in [0.3, 0.4) is 0 Å². The number of sulfonamides is 1. The number of aryl methyl sites for hydroxylation is 2. The van der Waals surface area contributed by atoms with Gasteiger partial charge in [0.2, 0.25) is 0 Å². The predicted octanol–water partition coefficient (Wildman–Crippen LogP) is 6.08. The average molecular weight is 412 g/mol. The Morgan fingerprint density at radius 1 is 1.14 bits per heavy atom. The van der Waals surface area contributed by atoms with Crippen LogP contribution in [0.2, 0.25) is 0 Å². The maximum atomic E-state index is 12.8. The quantitative estimate of drug-likeness (QED) is 0.553. The third-order valence-corrected chi connectivity index (χ3v) is 8.04. The van der Waals surface area contributed by atoms with E-state index in [2.05, 4.69) is 25.5 Å². The minimum Gasteiger partial charge on any atom is -0.461 e. The Hall–Kier alpha value is -2.27. The molecule has 0 aliphatic heterocycles. The maximum Gasteiger partial charge on any atom is 0.261 e. The average Bonchev–Trinajstić information content (AvgIpc) is 3.05. The van der Waals surface area contributed by atoms with Crippen LogP contribution in [-0.4, -0.2) is 8.42 Å². The number of anilines is 1. The summed E-state index contributed by atoms with van der Waals surface area (Å²) in [7, 11) is -3.62. The van der Waals surface area contributed by atoms with Crippen molar-refractivity contribution >= 4 is 26.7 Å². The number of furan rings is 1. The highest BCUT2D eigenvalue weighted by molar-refractivity contribution is 7.92. The van der Waals surface area contributed by atoms with Crippen LogP contribution in [0, 0.1) is 18.3 Å². The molecule has 2 aromatic carbocycles. The van der Waals surface area contributed by atoms with Gasteiger partial charge in [-0.05, 0) is 61.4 Å². The summed E-state index contributed by atoms with van der Waals surface area (Å²) >= 11 is 0. The van der Waals surface area contributed by atoms with Gasteiger partial charge in [0.1, 0.15) is 11.3 Å². The van der Waals surface area contributed by atoms with E-state index in [0.717, 1.165) is 48.0 Å². The molecular weight excluding hydrogens is 382 g/mol. The zero-order valence-electron chi connectivity index (χ0n) is 17.6. The standard InChI is InChI=1S/C24H29NO3S/c1-5-24(3,4)17-8-12-22-20(14-17)21-15-18(9-13-23(21)28-22)25-29(26,27)19-10-6-16(2)7-11-19/h6-7,9-11,13,15,17,25H,5,8,12,14H2,1-4H3. The highest BCUT2D eigenvalue weighted by Crippen LogP contribution is 2.43. The molecule has 0 spiro atoms. The van der Waals surface area contributed by atoms with Crippen molar-refractivity contribution in [3.63, 3.8) is 0 Å². The van der Waals surface area contributed by atoms with Crippen molar-refractivity contribution in [3.05, 3.63) is 59.4 Å². The van der Waals surface area contributed by atoms with Crippen LogP contribution >= 0.6 is 0 Å². The Kier molecular flexibility index (Phi) is 4.97. The molecule has 4 nitrogen and oxygen atoms in total. The summed E-state index contributed by atoms with van der Waals surface area (Å²) in [5.41, 5.74) is 3.96. The number of hydrogen-bond acceptors (Lipinski definition) is 3. The molecule has 1 aliphatic rings. The number of benzene rings is 2. The second kappa shape index (κ2) is 7.21. The van der Waals surface area contributed by atoms with Crippen molar-refractivity contribution in [2.75, 3.05) is 4.72 Å². The molecular formula is C24H29NO3S. The summed E-state index contributed by atoms with van der Waals surface area (Å²) in [6, 6.07) is 12.4. The Balaban J connectivity index is 1.67. The van der Waals surface area contributed by atoms with Crippen molar-refractivity contribution in [1.29, 1.82) is 0 Å². The molecule has 1 heterocycles. The fourth-order valence-electron chi connectivity index (χ4n) is 4.23. The lowest BCUT2D eigenvalue weighted by Gasteiger charge is -2.36. The summed E-state index contributed by atoms with van der Waals surface area (Å²) < 4.78 is 34.3. The normalized spacial score (nSPS) is 17.3. The molecule has 1 aromatic heterocycles. The lowest BCUT2D eigenvalue weighted by atomic mass is 9.69. The van der Waals surface area contributed by atoms with E-state index in [9.17, 15) is 8.42 Å². The van der Waals surface area contributed by atoms with Crippen molar-refractivity contribution in [2.45, 2.75) is 58.3 Å². The smallest absolute Gasteiger partial charge is 0.261 e.